The minimum absolute atomic E-state index is 0.275. The van der Waals surface area contributed by atoms with Crippen LogP contribution in [0, 0.1) is 0 Å². The van der Waals surface area contributed by atoms with Gasteiger partial charge in [0.1, 0.15) is 7.05 Å². The maximum Gasteiger partial charge on any atom is 0.424 e. The Kier molecular flexibility index (Phi) is 2.31. The summed E-state index contributed by atoms with van der Waals surface area (Å²) < 4.78 is 1.49. The highest BCUT2D eigenvalue weighted by Gasteiger charge is 1.99. The highest BCUT2D eigenvalue weighted by Crippen LogP contribution is 1.78. The minimum Gasteiger partial charge on any atom is -0.159 e. The van der Waals surface area contributed by atoms with Crippen molar-refractivity contribution in [2.75, 3.05) is 7.05 Å². The van der Waals surface area contributed by atoms with Crippen molar-refractivity contribution >= 4 is 6.08 Å². The molecule has 2 heteroatoms. The molecule has 0 N–H and O–H groups in total. The van der Waals surface area contributed by atoms with Crippen molar-refractivity contribution < 1.29 is 9.37 Å². The molecule has 40 valence electrons. The Bertz CT molecular complexity index is 101. The summed E-state index contributed by atoms with van der Waals surface area (Å²) >= 11 is 0. The zero-order chi connectivity index (χ0) is 5.86. The van der Waals surface area contributed by atoms with E-state index in [1.165, 1.54) is 4.58 Å². The van der Waals surface area contributed by atoms with E-state index in [0.29, 0.717) is 0 Å². The van der Waals surface area contributed by atoms with E-state index in [2.05, 4.69) is 0 Å². The molecular weight excluding hydrogens is 90.1 g/mol. The van der Waals surface area contributed by atoms with Gasteiger partial charge in [-0.2, -0.15) is 9.37 Å². The SMILES string of the molecule is CC(C)[N+](C)=C=O. The summed E-state index contributed by atoms with van der Waals surface area (Å²) in [6, 6.07) is 0.275. The van der Waals surface area contributed by atoms with E-state index >= 15 is 0 Å². The number of hydrogen-bond acceptors (Lipinski definition) is 1. The number of nitrogens with zero attached hydrogens (tertiary/aromatic N) is 1. The van der Waals surface area contributed by atoms with Crippen LogP contribution in [0.4, 0.5) is 0 Å². The molecule has 0 saturated carbocycles. The molecule has 0 saturated heterocycles. The third-order valence-corrected chi connectivity index (χ3v) is 0.919. The van der Waals surface area contributed by atoms with Crippen LogP contribution in [-0.2, 0) is 4.79 Å². The van der Waals surface area contributed by atoms with Gasteiger partial charge < -0.3 is 0 Å². The van der Waals surface area contributed by atoms with Gasteiger partial charge in [0.25, 0.3) is 0 Å². The van der Waals surface area contributed by atoms with Gasteiger partial charge in [-0.05, 0) is 13.8 Å². The Balaban J connectivity index is 3.81. The first kappa shape index (κ1) is 6.38. The fourth-order valence-electron chi connectivity index (χ4n) is 0.105. The van der Waals surface area contributed by atoms with Crippen LogP contribution in [0.15, 0.2) is 0 Å². The predicted molar refractivity (Wildman–Crippen MR) is 27.0 cm³/mol. The highest BCUT2D eigenvalue weighted by molar-refractivity contribution is 5.24. The zero-order valence-electron chi connectivity index (χ0n) is 4.93. The maximum absolute atomic E-state index is 9.75. The number of hydrogen-bond donors (Lipinski definition) is 0. The van der Waals surface area contributed by atoms with Crippen LogP contribution >= 0.6 is 0 Å². The van der Waals surface area contributed by atoms with Crippen LogP contribution in [0.25, 0.3) is 0 Å². The van der Waals surface area contributed by atoms with Crippen molar-refractivity contribution in [1.29, 1.82) is 0 Å². The summed E-state index contributed by atoms with van der Waals surface area (Å²) in [5.41, 5.74) is 0. The molecule has 0 aliphatic carbocycles. The van der Waals surface area contributed by atoms with Crippen molar-refractivity contribution in [1.82, 2.24) is 0 Å². The summed E-state index contributed by atoms with van der Waals surface area (Å²) in [5.74, 6) is 0. The van der Waals surface area contributed by atoms with Crippen LogP contribution in [-0.4, -0.2) is 23.7 Å². The summed E-state index contributed by atoms with van der Waals surface area (Å²) in [7, 11) is 1.71. The van der Waals surface area contributed by atoms with Crippen molar-refractivity contribution in [3.8, 4) is 0 Å². The topological polar surface area (TPSA) is 20.1 Å². The molecule has 0 heterocycles. The summed E-state index contributed by atoms with van der Waals surface area (Å²) in [4.78, 5) is 9.75. The largest absolute Gasteiger partial charge is 0.424 e. The first-order chi connectivity index (χ1) is 3.18. The molecule has 2 nitrogen and oxygen atoms in total. The summed E-state index contributed by atoms with van der Waals surface area (Å²) in [6.07, 6.45) is 1.75. The van der Waals surface area contributed by atoms with Crippen molar-refractivity contribution in [2.24, 2.45) is 0 Å². The second-order valence-electron chi connectivity index (χ2n) is 1.80. The number of isocyanates is 1. The fraction of sp³-hybridized carbons (Fsp3) is 0.800. The van der Waals surface area contributed by atoms with Crippen LogP contribution in [0.2, 0.25) is 0 Å². The third kappa shape index (κ3) is 2.12. The van der Waals surface area contributed by atoms with Crippen molar-refractivity contribution in [2.45, 2.75) is 19.9 Å². The second kappa shape index (κ2) is 2.54. The monoisotopic (exact) mass is 100 g/mol. The molecule has 0 bridgehead atoms. The lowest BCUT2D eigenvalue weighted by Crippen LogP contribution is -2.13. The van der Waals surface area contributed by atoms with E-state index in [9.17, 15) is 4.79 Å². The third-order valence-electron chi connectivity index (χ3n) is 0.919. The van der Waals surface area contributed by atoms with E-state index in [0.717, 1.165) is 0 Å². The molecule has 0 atom stereocenters. The number of carbonyl (C=O) groups excluding carboxylic acids is 1. The first-order valence-corrected chi connectivity index (χ1v) is 2.29. The van der Waals surface area contributed by atoms with Gasteiger partial charge in [0, 0.05) is 0 Å². The van der Waals surface area contributed by atoms with Gasteiger partial charge in [-0.3, -0.25) is 0 Å². The van der Waals surface area contributed by atoms with Gasteiger partial charge >= 0.3 is 6.08 Å². The number of rotatable bonds is 1. The zero-order valence-corrected chi connectivity index (χ0v) is 4.93. The molecular formula is C5H10NO+. The Morgan fingerprint density at radius 1 is 1.57 bits per heavy atom. The quantitative estimate of drug-likeness (QED) is 0.265. The first-order valence-electron chi connectivity index (χ1n) is 2.29. The van der Waals surface area contributed by atoms with Gasteiger partial charge in [0.15, 0.2) is 6.04 Å². The molecule has 0 aliphatic rings. The summed E-state index contributed by atoms with van der Waals surface area (Å²) in [6.45, 7) is 3.87. The van der Waals surface area contributed by atoms with E-state index in [1.807, 2.05) is 13.8 Å². The van der Waals surface area contributed by atoms with E-state index in [-0.39, 0.29) is 6.04 Å². The summed E-state index contributed by atoms with van der Waals surface area (Å²) in [5, 5.41) is 0. The molecule has 0 aromatic carbocycles. The van der Waals surface area contributed by atoms with Crippen LogP contribution in [0.5, 0.6) is 0 Å². The van der Waals surface area contributed by atoms with Gasteiger partial charge in [-0.15, -0.1) is 0 Å². The lowest BCUT2D eigenvalue weighted by atomic mass is 10.4. The Morgan fingerprint density at radius 2 is 2.00 bits per heavy atom. The lowest BCUT2D eigenvalue weighted by Gasteiger charge is -1.89. The van der Waals surface area contributed by atoms with Gasteiger partial charge in [0.05, 0.1) is 0 Å². The Morgan fingerprint density at radius 3 is 2.00 bits per heavy atom. The molecule has 7 heavy (non-hydrogen) atoms. The molecule has 0 rings (SSSR count). The molecule has 0 amide bonds. The molecule has 0 aromatic heterocycles. The standard InChI is InChI=1S/C5H10NO/c1-5(2)6(3)4-7/h5H,1-3H3/q+1. The maximum atomic E-state index is 9.75. The van der Waals surface area contributed by atoms with E-state index < -0.39 is 0 Å². The van der Waals surface area contributed by atoms with Gasteiger partial charge in [-0.25, -0.2) is 0 Å². The van der Waals surface area contributed by atoms with E-state index in [4.69, 9.17) is 0 Å². The Labute approximate surface area is 43.5 Å². The molecule has 0 radical (unpaired) electrons. The molecule has 0 fully saturated rings. The second-order valence-corrected chi connectivity index (χ2v) is 1.80. The molecule has 0 spiro atoms. The highest BCUT2D eigenvalue weighted by atomic mass is 16.1. The normalized spacial score (nSPS) is 8.57. The Hall–Kier alpha value is -0.620. The van der Waals surface area contributed by atoms with E-state index in [1.54, 1.807) is 13.1 Å². The predicted octanol–water partition coefficient (Wildman–Crippen LogP) is 0.373. The minimum atomic E-state index is 0.275. The van der Waals surface area contributed by atoms with Crippen molar-refractivity contribution in [3.05, 3.63) is 0 Å². The average Bonchev–Trinajstić information content (AvgIpc) is 1.65. The molecule has 0 aromatic rings. The van der Waals surface area contributed by atoms with Crippen LogP contribution in [0.1, 0.15) is 13.8 Å². The van der Waals surface area contributed by atoms with Crippen molar-refractivity contribution in [3.63, 3.8) is 0 Å². The van der Waals surface area contributed by atoms with Crippen LogP contribution < -0.4 is 0 Å². The van der Waals surface area contributed by atoms with Crippen LogP contribution in [0.3, 0.4) is 0 Å². The lowest BCUT2D eigenvalue weighted by molar-refractivity contribution is -0.526. The average molecular weight is 100 g/mol. The van der Waals surface area contributed by atoms with Gasteiger partial charge in [-0.1, -0.05) is 0 Å². The van der Waals surface area contributed by atoms with Gasteiger partial charge in [0.2, 0.25) is 0 Å². The molecule has 0 aliphatic heterocycles. The molecule has 0 unspecified atom stereocenters. The smallest absolute Gasteiger partial charge is 0.159 e. The fourth-order valence-corrected chi connectivity index (χ4v) is 0.105.